The van der Waals surface area contributed by atoms with E-state index in [1.54, 1.807) is 0 Å². The summed E-state index contributed by atoms with van der Waals surface area (Å²) in [6.45, 7) is 0. The molecule has 0 nitrogen and oxygen atoms in total. The predicted molar refractivity (Wildman–Crippen MR) is 231 cm³/mol. The van der Waals surface area contributed by atoms with Crippen molar-refractivity contribution in [2.75, 3.05) is 0 Å². The topological polar surface area (TPSA) is 0 Å². The molecule has 1 atom stereocenters. The molecule has 0 spiro atoms. The Morgan fingerprint density at radius 3 is 1.78 bits per heavy atom. The molecule has 0 heterocycles. The molecule has 252 valence electrons. The minimum atomic E-state index is 0.331. The summed E-state index contributed by atoms with van der Waals surface area (Å²) >= 11 is 0. The van der Waals surface area contributed by atoms with Crippen LogP contribution in [-0.4, -0.2) is 0 Å². The van der Waals surface area contributed by atoms with Crippen LogP contribution in [0.1, 0.15) is 33.7 Å². The van der Waals surface area contributed by atoms with Gasteiger partial charge in [0.1, 0.15) is 0 Å². The molecule has 0 N–H and O–H groups in total. The predicted octanol–water partition coefficient (Wildman–Crippen LogP) is 14.4. The zero-order valence-corrected chi connectivity index (χ0v) is 29.8. The summed E-state index contributed by atoms with van der Waals surface area (Å²) in [7, 11) is 0. The van der Waals surface area contributed by atoms with Crippen molar-refractivity contribution in [2.45, 2.75) is 12.3 Å². The first kappa shape index (κ1) is 30.8. The van der Waals surface area contributed by atoms with Crippen LogP contribution < -0.4 is 0 Å². The second-order valence-corrected chi connectivity index (χ2v) is 14.8. The summed E-state index contributed by atoms with van der Waals surface area (Å²) in [6.07, 6.45) is 19.2. The van der Waals surface area contributed by atoms with Gasteiger partial charge in [0, 0.05) is 5.92 Å². The minimum absolute atomic E-state index is 0.331. The van der Waals surface area contributed by atoms with Gasteiger partial charge >= 0.3 is 0 Å². The number of rotatable bonds is 5. The summed E-state index contributed by atoms with van der Waals surface area (Å²) < 4.78 is 0. The number of hydrogen-bond donors (Lipinski definition) is 0. The third-order valence-electron chi connectivity index (χ3n) is 11.8. The Labute approximate surface area is 316 Å². The van der Waals surface area contributed by atoms with E-state index in [1.165, 1.54) is 105 Å². The highest BCUT2D eigenvalue weighted by molar-refractivity contribution is 6.21. The van der Waals surface area contributed by atoms with E-state index in [0.29, 0.717) is 5.92 Å². The van der Waals surface area contributed by atoms with Crippen LogP contribution in [0.15, 0.2) is 193 Å². The average Bonchev–Trinajstić information content (AvgIpc) is 3.24. The molecule has 11 rings (SSSR count). The van der Waals surface area contributed by atoms with Crippen molar-refractivity contribution in [2.24, 2.45) is 0 Å². The summed E-state index contributed by atoms with van der Waals surface area (Å²) in [5, 5.41) is 7.73. The van der Waals surface area contributed by atoms with Crippen molar-refractivity contribution in [3.8, 4) is 33.4 Å². The second kappa shape index (κ2) is 12.4. The van der Waals surface area contributed by atoms with E-state index in [9.17, 15) is 0 Å². The normalized spacial score (nSPS) is 15.5. The fourth-order valence-corrected chi connectivity index (χ4v) is 9.19. The highest BCUT2D eigenvalue weighted by Crippen LogP contribution is 2.51. The van der Waals surface area contributed by atoms with Gasteiger partial charge in [0.15, 0.2) is 0 Å². The average molecular weight is 685 g/mol. The molecular weight excluding hydrogens is 649 g/mol. The molecule has 0 aliphatic heterocycles. The van der Waals surface area contributed by atoms with E-state index in [-0.39, 0.29) is 0 Å². The van der Waals surface area contributed by atoms with Gasteiger partial charge in [0.05, 0.1) is 0 Å². The van der Waals surface area contributed by atoms with Gasteiger partial charge in [0.25, 0.3) is 0 Å². The molecule has 3 aliphatic rings. The number of fused-ring (bicyclic) bond motifs is 3. The van der Waals surface area contributed by atoms with E-state index in [0.717, 1.165) is 6.42 Å². The Balaban J connectivity index is 0.958. The Kier molecular flexibility index (Phi) is 7.10. The smallest absolute Gasteiger partial charge is 0.0345 e. The first-order chi connectivity index (χ1) is 26.8. The maximum absolute atomic E-state index is 2.46. The standard InChI is InChI=1S/C54H36/c1-2-9-43-34-44(29-26-37(43)8-1)38-22-18-35(19-23-38)16-17-36-20-24-41(25-21-36)52-45-12-3-5-14-47(45)54(48-15-6-4-13-46(48)52)50-33-31-42-28-27-39-10-7-11-40-30-32-49(50)53(42)51(39)40/h1-31,33-34,51H,32H2/b17-16+. The van der Waals surface area contributed by atoms with Gasteiger partial charge in [0.2, 0.25) is 0 Å². The molecule has 0 bridgehead atoms. The van der Waals surface area contributed by atoms with Crippen LogP contribution in [0.2, 0.25) is 0 Å². The lowest BCUT2D eigenvalue weighted by atomic mass is 9.69. The van der Waals surface area contributed by atoms with E-state index in [4.69, 9.17) is 0 Å². The summed E-state index contributed by atoms with van der Waals surface area (Å²) in [4.78, 5) is 0. The lowest BCUT2D eigenvalue weighted by Crippen LogP contribution is -2.18. The Bertz CT molecular complexity index is 2920. The molecule has 54 heavy (non-hydrogen) atoms. The maximum Gasteiger partial charge on any atom is 0.0345 e. The Morgan fingerprint density at radius 1 is 0.463 bits per heavy atom. The van der Waals surface area contributed by atoms with Crippen molar-refractivity contribution in [1.29, 1.82) is 0 Å². The third kappa shape index (κ3) is 4.99. The van der Waals surface area contributed by atoms with Crippen molar-refractivity contribution in [1.82, 2.24) is 0 Å². The Hall–Kier alpha value is -6.76. The van der Waals surface area contributed by atoms with Gasteiger partial charge in [-0.05, 0) is 117 Å². The van der Waals surface area contributed by atoms with Gasteiger partial charge in [-0.25, -0.2) is 0 Å². The molecule has 0 amide bonds. The second-order valence-electron chi connectivity index (χ2n) is 14.8. The molecular formula is C54H36. The molecule has 0 heteroatoms. The summed E-state index contributed by atoms with van der Waals surface area (Å²) in [5.41, 5.74) is 17.2. The third-order valence-corrected chi connectivity index (χ3v) is 11.8. The molecule has 3 aliphatic carbocycles. The molecule has 0 saturated carbocycles. The quantitative estimate of drug-likeness (QED) is 0.125. The van der Waals surface area contributed by atoms with E-state index >= 15 is 0 Å². The lowest BCUT2D eigenvalue weighted by Gasteiger charge is -2.34. The molecule has 8 aromatic carbocycles. The molecule has 0 aromatic heterocycles. The fraction of sp³-hybridized carbons (Fsp3) is 0.0370. The highest BCUT2D eigenvalue weighted by atomic mass is 14.4. The zero-order chi connectivity index (χ0) is 35.6. The highest BCUT2D eigenvalue weighted by Gasteiger charge is 2.32. The van der Waals surface area contributed by atoms with Crippen LogP contribution in [0.3, 0.4) is 0 Å². The lowest BCUT2D eigenvalue weighted by molar-refractivity contribution is 0.894. The van der Waals surface area contributed by atoms with Crippen LogP contribution >= 0.6 is 0 Å². The van der Waals surface area contributed by atoms with Crippen LogP contribution in [0.4, 0.5) is 0 Å². The van der Waals surface area contributed by atoms with E-state index < -0.39 is 0 Å². The Morgan fingerprint density at radius 2 is 1.07 bits per heavy atom. The van der Waals surface area contributed by atoms with Crippen LogP contribution in [-0.2, 0) is 6.42 Å². The van der Waals surface area contributed by atoms with Crippen LogP contribution in [0.25, 0.3) is 83.9 Å². The number of allylic oxidation sites excluding steroid dienone is 7. The molecule has 0 fully saturated rings. The minimum Gasteiger partial charge on any atom is -0.0759 e. The van der Waals surface area contributed by atoms with Crippen LogP contribution in [0.5, 0.6) is 0 Å². The SMILES string of the molecule is C1=CC2=CCc3c(-c4c5ccccc5c(-c5ccc(/C=C/c6ccc(-c7ccc8ccccc8c7)cc6)cc5)c5ccccc45)ccc4c3C2C(=C1)C=C4. The molecule has 0 radical (unpaired) electrons. The molecule has 0 saturated heterocycles. The first-order valence-corrected chi connectivity index (χ1v) is 19.0. The largest absolute Gasteiger partial charge is 0.0759 e. The van der Waals surface area contributed by atoms with Gasteiger partial charge in [-0.1, -0.05) is 194 Å². The molecule has 1 unspecified atom stereocenters. The van der Waals surface area contributed by atoms with Crippen LogP contribution in [0, 0.1) is 0 Å². The zero-order valence-electron chi connectivity index (χ0n) is 29.8. The summed E-state index contributed by atoms with van der Waals surface area (Å²) in [5.74, 6) is 0.331. The van der Waals surface area contributed by atoms with Gasteiger partial charge in [-0.15, -0.1) is 0 Å². The maximum atomic E-state index is 2.46. The monoisotopic (exact) mass is 684 g/mol. The van der Waals surface area contributed by atoms with E-state index in [2.05, 4.69) is 200 Å². The fourth-order valence-electron chi connectivity index (χ4n) is 9.19. The number of benzene rings is 8. The first-order valence-electron chi connectivity index (χ1n) is 19.0. The van der Waals surface area contributed by atoms with Crippen molar-refractivity contribution < 1.29 is 0 Å². The van der Waals surface area contributed by atoms with Crippen molar-refractivity contribution >= 4 is 50.5 Å². The van der Waals surface area contributed by atoms with Gasteiger partial charge in [-0.3, -0.25) is 0 Å². The summed E-state index contributed by atoms with van der Waals surface area (Å²) in [6, 6.07) is 56.0. The molecule has 8 aromatic rings. The number of hydrogen-bond acceptors (Lipinski definition) is 0. The van der Waals surface area contributed by atoms with E-state index in [1.807, 2.05) is 0 Å². The van der Waals surface area contributed by atoms with Gasteiger partial charge < -0.3 is 0 Å². The van der Waals surface area contributed by atoms with Gasteiger partial charge in [-0.2, -0.15) is 0 Å². The van der Waals surface area contributed by atoms with Crippen molar-refractivity contribution in [3.05, 3.63) is 221 Å². The van der Waals surface area contributed by atoms with Crippen molar-refractivity contribution in [3.63, 3.8) is 0 Å².